The monoisotopic (exact) mass is 643 g/mol. The highest BCUT2D eigenvalue weighted by Crippen LogP contribution is 2.39. The van der Waals surface area contributed by atoms with Crippen molar-refractivity contribution >= 4 is 69.0 Å². The van der Waals surface area contributed by atoms with Crippen LogP contribution in [-0.4, -0.2) is 39.7 Å². The number of pyridine rings is 1. The van der Waals surface area contributed by atoms with Gasteiger partial charge in [-0.05, 0) is 48.2 Å². The van der Waals surface area contributed by atoms with E-state index in [1.165, 1.54) is 18.5 Å². The maximum Gasteiger partial charge on any atom is 0.393 e. The van der Waals surface area contributed by atoms with E-state index in [1.54, 1.807) is 29.2 Å². The van der Waals surface area contributed by atoms with Gasteiger partial charge in [-0.2, -0.15) is 13.2 Å². The van der Waals surface area contributed by atoms with E-state index in [0.717, 1.165) is 5.52 Å². The molecule has 2 aromatic carbocycles. The summed E-state index contributed by atoms with van der Waals surface area (Å²) in [6.45, 7) is 0.489. The first-order valence-electron chi connectivity index (χ1n) is 12.7. The van der Waals surface area contributed by atoms with E-state index in [1.807, 2.05) is 11.6 Å². The largest absolute Gasteiger partial charge is 0.393 e. The molecule has 1 saturated heterocycles. The van der Waals surface area contributed by atoms with Crippen LogP contribution in [0.4, 0.5) is 18.9 Å². The molecule has 5 rings (SSSR count). The summed E-state index contributed by atoms with van der Waals surface area (Å²) in [5.41, 5.74) is 3.44. The van der Waals surface area contributed by atoms with Gasteiger partial charge in [0.15, 0.2) is 0 Å². The van der Waals surface area contributed by atoms with Gasteiger partial charge in [0.05, 0.1) is 43.3 Å². The number of nitrogens with zero attached hydrogens (tertiary/aromatic N) is 4. The Labute approximate surface area is 254 Å². The first-order chi connectivity index (χ1) is 19.4. The smallest absolute Gasteiger partial charge is 0.370 e. The van der Waals surface area contributed by atoms with Gasteiger partial charge in [0.2, 0.25) is 0 Å². The molecule has 3 heterocycles. The highest BCUT2D eigenvalue weighted by atomic mass is 35.5. The zero-order chi connectivity index (χ0) is 29.5. The van der Waals surface area contributed by atoms with Crippen molar-refractivity contribution in [3.05, 3.63) is 85.3 Å². The molecule has 1 fully saturated rings. The summed E-state index contributed by atoms with van der Waals surface area (Å²) in [5.74, 6) is -1.13. The third-order valence-corrected chi connectivity index (χ3v) is 8.75. The molecule has 0 spiro atoms. The lowest BCUT2D eigenvalue weighted by Gasteiger charge is -2.35. The Morgan fingerprint density at radius 2 is 1.88 bits per heavy atom. The minimum Gasteiger partial charge on any atom is -0.370 e. The van der Waals surface area contributed by atoms with E-state index < -0.39 is 12.1 Å². The van der Waals surface area contributed by atoms with Crippen molar-refractivity contribution in [2.24, 2.45) is 13.0 Å². The van der Waals surface area contributed by atoms with Crippen molar-refractivity contribution in [1.82, 2.24) is 19.9 Å². The van der Waals surface area contributed by atoms with Crippen LogP contribution in [0, 0.1) is 5.92 Å². The number of carbonyl (C=O) groups excluding carboxylic acids is 1. The number of aryl methyl sites for hydroxylation is 1. The molecular weight excluding hydrogens is 621 g/mol. The average molecular weight is 645 g/mol. The summed E-state index contributed by atoms with van der Waals surface area (Å²) in [4.78, 5) is 22.9. The number of hydrogen-bond acceptors (Lipinski definition) is 4. The summed E-state index contributed by atoms with van der Waals surface area (Å²) in [6, 6.07) is 8.42. The first kappa shape index (κ1) is 29.8. The molecule has 2 aromatic heterocycles. The zero-order valence-corrected chi connectivity index (χ0v) is 24.7. The van der Waals surface area contributed by atoms with Crippen molar-refractivity contribution in [1.29, 1.82) is 0 Å². The predicted octanol–water partition coefficient (Wildman–Crippen LogP) is 7.88. The average Bonchev–Trinajstić information content (AvgIpc) is 3.23. The van der Waals surface area contributed by atoms with Gasteiger partial charge < -0.3 is 14.8 Å². The Morgan fingerprint density at radius 1 is 1.10 bits per heavy atom. The second-order valence-electron chi connectivity index (χ2n) is 9.92. The number of aromatic nitrogens is 3. The molecule has 1 unspecified atom stereocenters. The fourth-order valence-electron chi connectivity index (χ4n) is 5.05. The van der Waals surface area contributed by atoms with E-state index in [4.69, 9.17) is 51.4 Å². The van der Waals surface area contributed by atoms with Crippen LogP contribution in [0.1, 0.15) is 40.2 Å². The second-order valence-corrected chi connectivity index (χ2v) is 11.5. The lowest BCUT2D eigenvalue weighted by Crippen LogP contribution is -2.41. The minimum absolute atomic E-state index is 0.109. The number of benzene rings is 2. The van der Waals surface area contributed by atoms with E-state index in [9.17, 15) is 18.0 Å². The predicted molar refractivity (Wildman–Crippen MR) is 156 cm³/mol. The molecule has 0 aliphatic carbocycles. The molecule has 0 saturated carbocycles. The molecule has 0 bridgehead atoms. The van der Waals surface area contributed by atoms with Crippen LogP contribution in [-0.2, 0) is 20.0 Å². The van der Waals surface area contributed by atoms with Crippen LogP contribution in [0.5, 0.6) is 0 Å². The van der Waals surface area contributed by atoms with Gasteiger partial charge in [0.1, 0.15) is 5.82 Å². The lowest BCUT2D eigenvalue weighted by atomic mass is 9.97. The molecule has 41 heavy (non-hydrogen) atoms. The maximum atomic E-state index is 13.4. The molecular formula is C28H24Cl4F3N5O. The number of halogens is 7. The quantitative estimate of drug-likeness (QED) is 0.232. The topological polar surface area (TPSA) is 63.1 Å². The standard InChI is InChI=1S/C28H24Cl4F3N5O/c1-39-24-11-23(40-8-2-3-16(14-40)28(33,34)35)20(30)10-22(24)38-25(39)9-18-19(29)5-4-15(26(18)32)12-37-27(41)17-6-7-36-13-21(17)31/h4-7,10-11,13,16H,2-3,8-9,12,14H2,1H3,(H,37,41). The Bertz CT molecular complexity index is 1620. The normalized spacial score (nSPS) is 15.9. The number of fused-ring (bicyclic) bond motifs is 1. The summed E-state index contributed by atoms with van der Waals surface area (Å²) in [6.07, 6.45) is -0.573. The number of hydrogen-bond donors (Lipinski definition) is 1. The van der Waals surface area contributed by atoms with Gasteiger partial charge in [0, 0.05) is 50.5 Å². The lowest BCUT2D eigenvalue weighted by molar-refractivity contribution is -0.175. The number of alkyl halides is 3. The summed E-state index contributed by atoms with van der Waals surface area (Å²) in [5, 5.41) is 4.20. The van der Waals surface area contributed by atoms with E-state index in [0.29, 0.717) is 61.8 Å². The molecule has 1 atom stereocenters. The molecule has 1 amide bonds. The minimum atomic E-state index is -4.25. The fourth-order valence-corrected chi connectivity index (χ4v) is 6.10. The summed E-state index contributed by atoms with van der Waals surface area (Å²) in [7, 11) is 1.82. The molecule has 216 valence electrons. The SMILES string of the molecule is Cn1c(Cc2c(Cl)ccc(CNC(=O)c3ccncc3Cl)c2Cl)nc2cc(Cl)c(N3CCCC(C(F)(F)F)C3)cc21. The van der Waals surface area contributed by atoms with Crippen LogP contribution >= 0.6 is 46.4 Å². The van der Waals surface area contributed by atoms with Crippen molar-refractivity contribution in [3.8, 4) is 0 Å². The van der Waals surface area contributed by atoms with E-state index >= 15 is 0 Å². The van der Waals surface area contributed by atoms with Crippen molar-refractivity contribution in [2.45, 2.75) is 32.0 Å². The van der Waals surface area contributed by atoms with E-state index in [-0.39, 0.29) is 36.9 Å². The van der Waals surface area contributed by atoms with Gasteiger partial charge in [-0.1, -0.05) is 52.5 Å². The van der Waals surface area contributed by atoms with E-state index in [2.05, 4.69) is 10.3 Å². The van der Waals surface area contributed by atoms with Crippen molar-refractivity contribution in [2.75, 3.05) is 18.0 Å². The third kappa shape index (κ3) is 6.23. The molecule has 13 heteroatoms. The number of anilines is 1. The molecule has 0 radical (unpaired) electrons. The Kier molecular flexibility index (Phi) is 8.62. The summed E-state index contributed by atoms with van der Waals surface area (Å²) >= 11 is 25.9. The van der Waals surface area contributed by atoms with Crippen LogP contribution in [0.2, 0.25) is 20.1 Å². The highest BCUT2D eigenvalue weighted by Gasteiger charge is 2.42. The van der Waals surface area contributed by atoms with Gasteiger partial charge in [-0.15, -0.1) is 0 Å². The van der Waals surface area contributed by atoms with Gasteiger partial charge >= 0.3 is 6.18 Å². The van der Waals surface area contributed by atoms with Gasteiger partial charge in [0.25, 0.3) is 5.91 Å². The molecule has 1 N–H and O–H groups in total. The van der Waals surface area contributed by atoms with Gasteiger partial charge in [-0.25, -0.2) is 4.98 Å². The summed E-state index contributed by atoms with van der Waals surface area (Å²) < 4.78 is 42.1. The molecule has 1 aliphatic heterocycles. The Balaban J connectivity index is 1.39. The number of amides is 1. The Hall–Kier alpha value is -2.72. The third-order valence-electron chi connectivity index (χ3n) is 7.32. The second kappa shape index (κ2) is 11.9. The van der Waals surface area contributed by atoms with Crippen molar-refractivity contribution < 1.29 is 18.0 Å². The first-order valence-corrected chi connectivity index (χ1v) is 14.2. The number of rotatable bonds is 6. The number of nitrogens with one attached hydrogen (secondary N) is 1. The number of carbonyl (C=O) groups is 1. The number of piperidine rings is 1. The van der Waals surface area contributed by atoms with Crippen LogP contribution in [0.3, 0.4) is 0 Å². The molecule has 6 nitrogen and oxygen atoms in total. The Morgan fingerprint density at radius 3 is 2.61 bits per heavy atom. The molecule has 1 aliphatic rings. The fraction of sp³-hybridized carbons (Fsp3) is 0.321. The van der Waals surface area contributed by atoms with Crippen LogP contribution in [0.15, 0.2) is 42.7 Å². The highest BCUT2D eigenvalue weighted by molar-refractivity contribution is 6.36. The van der Waals surface area contributed by atoms with Crippen LogP contribution in [0.25, 0.3) is 11.0 Å². The van der Waals surface area contributed by atoms with Gasteiger partial charge in [-0.3, -0.25) is 9.78 Å². The molecule has 4 aromatic rings. The maximum absolute atomic E-state index is 13.4. The van der Waals surface area contributed by atoms with Crippen molar-refractivity contribution in [3.63, 3.8) is 0 Å². The zero-order valence-electron chi connectivity index (χ0n) is 21.7. The number of imidazole rings is 1. The van der Waals surface area contributed by atoms with Crippen LogP contribution < -0.4 is 10.2 Å².